The number of halogens is 1. The van der Waals surface area contributed by atoms with Crippen LogP contribution in [0.1, 0.15) is 58.1 Å². The number of likely N-dealkylation sites (tertiary alicyclic amines) is 1. The van der Waals surface area contributed by atoms with Crippen LogP contribution in [0, 0.1) is 0 Å². The molecule has 3 aromatic rings. The number of aromatic amines is 1. The van der Waals surface area contributed by atoms with E-state index in [9.17, 15) is 0 Å². The van der Waals surface area contributed by atoms with Crippen LogP contribution in [-0.2, 0) is 12.0 Å². The van der Waals surface area contributed by atoms with E-state index >= 15 is 0 Å². The zero-order chi connectivity index (χ0) is 26.0. The first-order chi connectivity index (χ1) is 17.8. The lowest BCUT2D eigenvalue weighted by molar-refractivity contribution is 0.0610. The molecule has 0 bridgehead atoms. The van der Waals surface area contributed by atoms with Crippen molar-refractivity contribution in [3.05, 3.63) is 65.1 Å². The summed E-state index contributed by atoms with van der Waals surface area (Å²) >= 11 is 6.70. The first-order valence-corrected chi connectivity index (χ1v) is 14.2. The number of piperazine rings is 1. The van der Waals surface area contributed by atoms with Crippen LogP contribution in [0.25, 0.3) is 11.4 Å². The number of aromatic nitrogens is 3. The second-order valence-corrected chi connectivity index (χ2v) is 12.1. The van der Waals surface area contributed by atoms with Gasteiger partial charge < -0.3 is 9.88 Å². The fourth-order valence-corrected chi connectivity index (χ4v) is 6.19. The Morgan fingerprint density at radius 3 is 2.41 bits per heavy atom. The number of pyridine rings is 1. The molecule has 6 nitrogen and oxygen atoms in total. The molecule has 37 heavy (non-hydrogen) atoms. The Kier molecular flexibility index (Phi) is 7.89. The van der Waals surface area contributed by atoms with Gasteiger partial charge in [-0.3, -0.25) is 9.80 Å². The molecule has 0 saturated carbocycles. The summed E-state index contributed by atoms with van der Waals surface area (Å²) in [5, 5.41) is 0.695. The molecule has 2 aliphatic rings. The van der Waals surface area contributed by atoms with E-state index < -0.39 is 0 Å². The number of piperidine rings is 1. The predicted octanol–water partition coefficient (Wildman–Crippen LogP) is 5.99. The normalized spacial score (nSPS) is 20.5. The first kappa shape index (κ1) is 26.2. The molecule has 0 amide bonds. The number of anilines is 1. The van der Waals surface area contributed by atoms with Crippen molar-refractivity contribution in [3.63, 3.8) is 0 Å². The summed E-state index contributed by atoms with van der Waals surface area (Å²) < 4.78 is 0. The van der Waals surface area contributed by atoms with Gasteiger partial charge in [-0.1, -0.05) is 63.6 Å². The van der Waals surface area contributed by atoms with Crippen LogP contribution >= 0.6 is 11.6 Å². The van der Waals surface area contributed by atoms with E-state index in [4.69, 9.17) is 16.6 Å². The van der Waals surface area contributed by atoms with E-state index in [-0.39, 0.29) is 5.41 Å². The maximum absolute atomic E-state index is 6.70. The third-order valence-corrected chi connectivity index (χ3v) is 8.42. The zero-order valence-corrected chi connectivity index (χ0v) is 23.5. The molecule has 2 fully saturated rings. The summed E-state index contributed by atoms with van der Waals surface area (Å²) in [6.07, 6.45) is 9.06. The summed E-state index contributed by atoms with van der Waals surface area (Å²) in [6, 6.07) is 12.4. The lowest BCUT2D eigenvalue weighted by Gasteiger charge is -2.47. The van der Waals surface area contributed by atoms with Gasteiger partial charge in [0.1, 0.15) is 11.6 Å². The lowest BCUT2D eigenvalue weighted by Crippen LogP contribution is -2.58. The number of nitrogens with one attached hydrogen (secondary N) is 1. The molecule has 0 unspecified atom stereocenters. The standard InChI is InChI=1S/C30H41ClN6/c1-5-25-21-36(29-27(31)18-23(19-34-29)28-32-12-13-33-28)16-17-37(25)26-10-14-35(15-11-26)20-22-6-8-24(9-7-22)30(2,3)4/h6-9,12-13,18-19,25-26H,5,10-11,14-17,20-21H2,1-4H3,(H,32,33)/t25-/m0/s1. The Bertz CT molecular complexity index is 1150. The van der Waals surface area contributed by atoms with E-state index in [0.29, 0.717) is 17.1 Å². The quantitative estimate of drug-likeness (QED) is 0.432. The second kappa shape index (κ2) is 11.1. The number of hydrogen-bond acceptors (Lipinski definition) is 5. The monoisotopic (exact) mass is 520 g/mol. The van der Waals surface area contributed by atoms with E-state index in [2.05, 4.69) is 76.6 Å². The van der Waals surface area contributed by atoms with Crippen molar-refractivity contribution in [2.45, 2.75) is 71.0 Å². The molecule has 2 saturated heterocycles. The molecule has 7 heteroatoms. The highest BCUT2D eigenvalue weighted by molar-refractivity contribution is 6.33. The minimum Gasteiger partial charge on any atom is -0.353 e. The number of H-pyrrole nitrogens is 1. The minimum absolute atomic E-state index is 0.210. The molecule has 1 atom stereocenters. The number of nitrogens with zero attached hydrogens (tertiary/aromatic N) is 5. The van der Waals surface area contributed by atoms with Crippen LogP contribution in [0.4, 0.5) is 5.82 Å². The summed E-state index contributed by atoms with van der Waals surface area (Å²) in [5.41, 5.74) is 3.96. The molecule has 1 aromatic carbocycles. The third kappa shape index (κ3) is 6.02. The molecule has 5 rings (SSSR count). The SMILES string of the molecule is CC[C@H]1CN(c2ncc(-c3ncc[nH]3)cc2Cl)CCN1C1CCN(Cc2ccc(C(C)(C)C)cc2)CC1. The highest BCUT2D eigenvalue weighted by atomic mass is 35.5. The topological polar surface area (TPSA) is 51.3 Å². The maximum Gasteiger partial charge on any atom is 0.147 e. The largest absolute Gasteiger partial charge is 0.353 e. The van der Waals surface area contributed by atoms with Crippen LogP contribution in [0.2, 0.25) is 5.02 Å². The number of hydrogen-bond donors (Lipinski definition) is 1. The summed E-state index contributed by atoms with van der Waals surface area (Å²) in [6.45, 7) is 15.5. The average Bonchev–Trinajstić information content (AvgIpc) is 3.44. The fraction of sp³-hybridized carbons (Fsp3) is 0.533. The molecule has 2 aliphatic heterocycles. The van der Waals surface area contributed by atoms with Gasteiger partial charge in [0.25, 0.3) is 0 Å². The van der Waals surface area contributed by atoms with E-state index in [1.54, 1.807) is 6.20 Å². The van der Waals surface area contributed by atoms with Gasteiger partial charge >= 0.3 is 0 Å². The highest BCUT2D eigenvalue weighted by Gasteiger charge is 2.34. The molecular formula is C30H41ClN6. The van der Waals surface area contributed by atoms with Gasteiger partial charge in [0.15, 0.2) is 0 Å². The van der Waals surface area contributed by atoms with E-state index in [1.165, 1.54) is 37.1 Å². The molecule has 0 radical (unpaired) electrons. The summed E-state index contributed by atoms with van der Waals surface area (Å²) in [7, 11) is 0. The molecule has 4 heterocycles. The van der Waals surface area contributed by atoms with Gasteiger partial charge in [-0.2, -0.15) is 0 Å². The van der Waals surface area contributed by atoms with Crippen LogP contribution in [-0.4, -0.2) is 69.6 Å². The first-order valence-electron chi connectivity index (χ1n) is 13.8. The predicted molar refractivity (Wildman–Crippen MR) is 153 cm³/mol. The van der Waals surface area contributed by atoms with Gasteiger partial charge in [0.05, 0.1) is 5.02 Å². The average molecular weight is 521 g/mol. The molecular weight excluding hydrogens is 480 g/mol. The molecule has 198 valence electrons. The molecule has 0 aliphatic carbocycles. The van der Waals surface area contributed by atoms with Crippen molar-refractivity contribution in [1.82, 2.24) is 24.8 Å². The van der Waals surface area contributed by atoms with E-state index in [1.807, 2.05) is 18.5 Å². The van der Waals surface area contributed by atoms with E-state index in [0.717, 1.165) is 49.8 Å². The van der Waals surface area contributed by atoms with Crippen LogP contribution in [0.3, 0.4) is 0 Å². The summed E-state index contributed by atoms with van der Waals surface area (Å²) in [4.78, 5) is 20.0. The smallest absolute Gasteiger partial charge is 0.147 e. The molecule has 2 aromatic heterocycles. The fourth-order valence-electron chi connectivity index (χ4n) is 5.90. The Morgan fingerprint density at radius 2 is 1.78 bits per heavy atom. The molecule has 0 spiro atoms. The van der Waals surface area contributed by atoms with Crippen molar-refractivity contribution < 1.29 is 0 Å². The van der Waals surface area contributed by atoms with Gasteiger partial charge in [-0.15, -0.1) is 0 Å². The van der Waals surface area contributed by atoms with Crippen molar-refractivity contribution >= 4 is 17.4 Å². The number of benzene rings is 1. The Labute approximate surface area is 227 Å². The van der Waals surface area contributed by atoms with Crippen molar-refractivity contribution in [1.29, 1.82) is 0 Å². The summed E-state index contributed by atoms with van der Waals surface area (Å²) in [5.74, 6) is 1.69. The Balaban J connectivity index is 1.16. The van der Waals surface area contributed by atoms with Gasteiger partial charge in [-0.25, -0.2) is 9.97 Å². The van der Waals surface area contributed by atoms with Crippen molar-refractivity contribution in [3.8, 4) is 11.4 Å². The van der Waals surface area contributed by atoms with Crippen LogP contribution in [0.5, 0.6) is 0 Å². The van der Waals surface area contributed by atoms with Crippen LogP contribution < -0.4 is 4.90 Å². The third-order valence-electron chi connectivity index (χ3n) is 8.14. The van der Waals surface area contributed by atoms with Gasteiger partial charge in [0, 0.05) is 62.4 Å². The molecule has 1 N–H and O–H groups in total. The Morgan fingerprint density at radius 1 is 1.03 bits per heavy atom. The second-order valence-electron chi connectivity index (χ2n) is 11.7. The van der Waals surface area contributed by atoms with Gasteiger partial charge in [-0.05, 0) is 55.0 Å². The highest BCUT2D eigenvalue weighted by Crippen LogP contribution is 2.31. The zero-order valence-electron chi connectivity index (χ0n) is 22.8. The van der Waals surface area contributed by atoms with Gasteiger partial charge in [0.2, 0.25) is 0 Å². The maximum atomic E-state index is 6.70. The number of imidazole rings is 1. The Hall–Kier alpha value is -2.41. The number of rotatable bonds is 6. The minimum atomic E-state index is 0.210. The lowest BCUT2D eigenvalue weighted by atomic mass is 9.86. The van der Waals surface area contributed by atoms with Crippen molar-refractivity contribution in [2.24, 2.45) is 0 Å². The van der Waals surface area contributed by atoms with Crippen molar-refractivity contribution in [2.75, 3.05) is 37.6 Å². The van der Waals surface area contributed by atoms with Crippen LogP contribution in [0.15, 0.2) is 48.9 Å².